The standard InChI is InChI=1S/C10H14F3NO2/c11-10(12,13)8(4-9(15)16)14-5-6-1-2-7(14)3-6/h6-8H,1-5H2,(H,15,16). The Morgan fingerprint density at radius 2 is 2.12 bits per heavy atom. The predicted octanol–water partition coefficient (Wildman–Crippen LogP) is 1.88. The Morgan fingerprint density at radius 3 is 2.50 bits per heavy atom. The molecular weight excluding hydrogens is 223 g/mol. The summed E-state index contributed by atoms with van der Waals surface area (Å²) in [6.07, 6.45) is -2.72. The van der Waals surface area contributed by atoms with Crippen LogP contribution in [0.3, 0.4) is 0 Å². The van der Waals surface area contributed by atoms with Gasteiger partial charge >= 0.3 is 12.1 Å². The highest BCUT2D eigenvalue weighted by molar-refractivity contribution is 5.67. The lowest BCUT2D eigenvalue weighted by atomic mass is 10.1. The summed E-state index contributed by atoms with van der Waals surface area (Å²) >= 11 is 0. The minimum atomic E-state index is -4.44. The predicted molar refractivity (Wildman–Crippen MR) is 49.9 cm³/mol. The first-order valence-corrected chi connectivity index (χ1v) is 5.42. The van der Waals surface area contributed by atoms with Crippen LogP contribution in [0.15, 0.2) is 0 Å². The zero-order chi connectivity index (χ0) is 11.9. The van der Waals surface area contributed by atoms with Crippen molar-refractivity contribution in [3.8, 4) is 0 Å². The molecule has 1 aliphatic carbocycles. The average Bonchev–Trinajstić information content (AvgIpc) is 2.72. The Balaban J connectivity index is 2.10. The second-order valence-electron chi connectivity index (χ2n) is 4.68. The lowest BCUT2D eigenvalue weighted by Crippen LogP contribution is -2.50. The van der Waals surface area contributed by atoms with E-state index in [9.17, 15) is 18.0 Å². The van der Waals surface area contributed by atoms with E-state index in [1.165, 1.54) is 4.90 Å². The number of nitrogens with zero attached hydrogens (tertiary/aromatic N) is 1. The van der Waals surface area contributed by atoms with Gasteiger partial charge in [0.15, 0.2) is 0 Å². The molecule has 3 atom stereocenters. The number of carboxylic acid groups (broad SMARTS) is 1. The fraction of sp³-hybridized carbons (Fsp3) is 0.900. The van der Waals surface area contributed by atoms with E-state index >= 15 is 0 Å². The van der Waals surface area contributed by atoms with Crippen LogP contribution in [0.5, 0.6) is 0 Å². The van der Waals surface area contributed by atoms with Crippen LogP contribution in [0, 0.1) is 5.92 Å². The van der Waals surface area contributed by atoms with Gasteiger partial charge in [0.1, 0.15) is 6.04 Å². The van der Waals surface area contributed by atoms with E-state index in [0.717, 1.165) is 19.3 Å². The van der Waals surface area contributed by atoms with Crippen LogP contribution in [-0.4, -0.2) is 40.8 Å². The molecular formula is C10H14F3NO2. The molecule has 1 saturated carbocycles. The van der Waals surface area contributed by atoms with Crippen molar-refractivity contribution in [2.75, 3.05) is 6.54 Å². The van der Waals surface area contributed by atoms with Crippen LogP contribution >= 0.6 is 0 Å². The molecule has 16 heavy (non-hydrogen) atoms. The zero-order valence-corrected chi connectivity index (χ0v) is 8.70. The van der Waals surface area contributed by atoms with E-state index in [1.54, 1.807) is 0 Å². The van der Waals surface area contributed by atoms with Crippen molar-refractivity contribution >= 4 is 5.97 Å². The van der Waals surface area contributed by atoms with Gasteiger partial charge in [-0.25, -0.2) is 0 Å². The van der Waals surface area contributed by atoms with Gasteiger partial charge in [0.2, 0.25) is 0 Å². The zero-order valence-electron chi connectivity index (χ0n) is 8.70. The van der Waals surface area contributed by atoms with Crippen molar-refractivity contribution in [2.45, 2.75) is 43.9 Å². The van der Waals surface area contributed by atoms with Crippen LogP contribution in [0.4, 0.5) is 13.2 Å². The summed E-state index contributed by atoms with van der Waals surface area (Å²) in [4.78, 5) is 11.8. The summed E-state index contributed by atoms with van der Waals surface area (Å²) in [5.41, 5.74) is 0. The number of carbonyl (C=O) groups is 1. The number of carboxylic acids is 1. The molecule has 92 valence electrons. The van der Waals surface area contributed by atoms with Gasteiger partial charge in [-0.3, -0.25) is 9.69 Å². The minimum Gasteiger partial charge on any atom is -0.481 e. The molecule has 2 fully saturated rings. The maximum absolute atomic E-state index is 12.8. The van der Waals surface area contributed by atoms with E-state index < -0.39 is 24.6 Å². The van der Waals surface area contributed by atoms with Crippen molar-refractivity contribution in [1.29, 1.82) is 0 Å². The number of hydrogen-bond acceptors (Lipinski definition) is 2. The lowest BCUT2D eigenvalue weighted by molar-refractivity contribution is -0.194. The van der Waals surface area contributed by atoms with E-state index in [1.807, 2.05) is 0 Å². The number of rotatable bonds is 3. The summed E-state index contributed by atoms with van der Waals surface area (Å²) < 4.78 is 38.3. The SMILES string of the molecule is O=C(O)CC(N1CC2CCC1C2)C(F)(F)F. The third-order valence-electron chi connectivity index (χ3n) is 3.60. The molecule has 0 aromatic carbocycles. The summed E-state index contributed by atoms with van der Waals surface area (Å²) in [5, 5.41) is 8.55. The minimum absolute atomic E-state index is 0.0593. The number of halogens is 3. The molecule has 0 aromatic heterocycles. The number of piperidine rings is 1. The molecule has 0 aromatic rings. The van der Waals surface area contributed by atoms with Gasteiger partial charge in [-0.1, -0.05) is 0 Å². The second kappa shape index (κ2) is 3.91. The largest absolute Gasteiger partial charge is 0.481 e. The van der Waals surface area contributed by atoms with Gasteiger partial charge in [-0.15, -0.1) is 0 Å². The molecule has 1 saturated heterocycles. The highest BCUT2D eigenvalue weighted by Crippen LogP contribution is 2.42. The maximum Gasteiger partial charge on any atom is 0.404 e. The topological polar surface area (TPSA) is 40.5 Å². The summed E-state index contributed by atoms with van der Waals surface area (Å²) in [6.45, 7) is 0.405. The molecule has 1 N–H and O–H groups in total. The maximum atomic E-state index is 12.8. The number of fused-ring (bicyclic) bond motifs is 2. The number of aliphatic carboxylic acids is 1. The van der Waals surface area contributed by atoms with Crippen molar-refractivity contribution in [3.63, 3.8) is 0 Å². The Kier molecular flexibility index (Phi) is 2.86. The van der Waals surface area contributed by atoms with E-state index in [4.69, 9.17) is 5.11 Å². The Morgan fingerprint density at radius 1 is 1.44 bits per heavy atom. The Bertz CT molecular complexity index is 292. The monoisotopic (exact) mass is 237 g/mol. The lowest BCUT2D eigenvalue weighted by Gasteiger charge is -2.35. The molecule has 1 heterocycles. The quantitative estimate of drug-likeness (QED) is 0.814. The molecule has 0 radical (unpaired) electrons. The first kappa shape index (κ1) is 11.7. The van der Waals surface area contributed by atoms with Crippen LogP contribution in [-0.2, 0) is 4.79 Å². The van der Waals surface area contributed by atoms with E-state index in [2.05, 4.69) is 0 Å². The first-order chi connectivity index (χ1) is 7.38. The van der Waals surface area contributed by atoms with Gasteiger partial charge in [0.05, 0.1) is 6.42 Å². The average molecular weight is 237 g/mol. The third-order valence-corrected chi connectivity index (χ3v) is 3.60. The normalized spacial score (nSPS) is 31.9. The van der Waals surface area contributed by atoms with Crippen molar-refractivity contribution in [1.82, 2.24) is 4.90 Å². The number of alkyl halides is 3. The van der Waals surface area contributed by atoms with Crippen LogP contribution < -0.4 is 0 Å². The summed E-state index contributed by atoms with van der Waals surface area (Å²) in [6, 6.07) is -1.86. The van der Waals surface area contributed by atoms with Crippen molar-refractivity contribution in [2.24, 2.45) is 5.92 Å². The molecule has 3 unspecified atom stereocenters. The van der Waals surface area contributed by atoms with Crippen LogP contribution in [0.25, 0.3) is 0 Å². The van der Waals surface area contributed by atoms with Gasteiger partial charge in [-0.05, 0) is 25.2 Å². The summed E-state index contributed by atoms with van der Waals surface area (Å²) in [5.74, 6) is -1.05. The highest BCUT2D eigenvalue weighted by atomic mass is 19.4. The van der Waals surface area contributed by atoms with Crippen molar-refractivity contribution in [3.05, 3.63) is 0 Å². The van der Waals surface area contributed by atoms with E-state index in [0.29, 0.717) is 12.5 Å². The molecule has 2 bridgehead atoms. The number of hydrogen-bond donors (Lipinski definition) is 1. The van der Waals surface area contributed by atoms with Gasteiger partial charge in [0, 0.05) is 12.6 Å². The molecule has 1 aliphatic heterocycles. The molecule has 3 nitrogen and oxygen atoms in total. The molecule has 6 heteroatoms. The third kappa shape index (κ3) is 2.16. The molecule has 2 aliphatic rings. The van der Waals surface area contributed by atoms with E-state index in [-0.39, 0.29) is 6.04 Å². The Labute approximate surface area is 91.2 Å². The number of likely N-dealkylation sites (tertiary alicyclic amines) is 1. The van der Waals surface area contributed by atoms with Gasteiger partial charge < -0.3 is 5.11 Å². The Hall–Kier alpha value is -0.780. The summed E-state index contributed by atoms with van der Waals surface area (Å²) in [7, 11) is 0. The second-order valence-corrected chi connectivity index (χ2v) is 4.68. The molecule has 0 amide bonds. The van der Waals surface area contributed by atoms with Crippen LogP contribution in [0.2, 0.25) is 0 Å². The van der Waals surface area contributed by atoms with Gasteiger partial charge in [-0.2, -0.15) is 13.2 Å². The fourth-order valence-electron chi connectivity index (χ4n) is 2.93. The smallest absolute Gasteiger partial charge is 0.404 e. The van der Waals surface area contributed by atoms with Crippen molar-refractivity contribution < 1.29 is 23.1 Å². The van der Waals surface area contributed by atoms with Crippen LogP contribution in [0.1, 0.15) is 25.7 Å². The molecule has 0 spiro atoms. The fourth-order valence-corrected chi connectivity index (χ4v) is 2.93. The van der Waals surface area contributed by atoms with Gasteiger partial charge in [0.25, 0.3) is 0 Å². The molecule has 2 rings (SSSR count). The highest BCUT2D eigenvalue weighted by Gasteiger charge is 2.51. The first-order valence-electron chi connectivity index (χ1n) is 5.42.